The summed E-state index contributed by atoms with van der Waals surface area (Å²) in [7, 11) is 0. The fourth-order valence-electron chi connectivity index (χ4n) is 2.91. The molecular formula is C21H20I2O6. The van der Waals surface area contributed by atoms with Gasteiger partial charge in [0.05, 0.1) is 8.86 Å². The normalized spacial score (nSPS) is 11.0. The molecule has 154 valence electrons. The molecule has 0 aliphatic carbocycles. The molecule has 0 aromatic heterocycles. The maximum absolute atomic E-state index is 11.5. The summed E-state index contributed by atoms with van der Waals surface area (Å²) in [6.45, 7) is 1.97. The fraction of sp³-hybridized carbons (Fsp3) is 0.286. The van der Waals surface area contributed by atoms with Gasteiger partial charge in [0.2, 0.25) is 0 Å². The number of alkyl halides is 2. The van der Waals surface area contributed by atoms with Gasteiger partial charge in [-0.3, -0.25) is 14.4 Å². The van der Waals surface area contributed by atoms with E-state index >= 15 is 0 Å². The predicted molar refractivity (Wildman–Crippen MR) is 125 cm³/mol. The van der Waals surface area contributed by atoms with Crippen LogP contribution in [0, 0.1) is 0 Å². The SMILES string of the molecule is CC(CCC(=O)O)(c1ccc(OC(=O)CI)cc1)c1ccc(OC(=O)CI)cc1. The van der Waals surface area contributed by atoms with E-state index < -0.39 is 11.4 Å². The third kappa shape index (κ3) is 6.66. The van der Waals surface area contributed by atoms with Crippen molar-refractivity contribution in [2.45, 2.75) is 25.2 Å². The van der Waals surface area contributed by atoms with Crippen LogP contribution in [0.4, 0.5) is 0 Å². The van der Waals surface area contributed by atoms with Gasteiger partial charge in [-0.15, -0.1) is 0 Å². The van der Waals surface area contributed by atoms with Gasteiger partial charge in [-0.2, -0.15) is 0 Å². The van der Waals surface area contributed by atoms with Gasteiger partial charge < -0.3 is 14.6 Å². The lowest BCUT2D eigenvalue weighted by Crippen LogP contribution is -2.25. The molecular weight excluding hydrogens is 602 g/mol. The standard InChI is InChI=1S/C21H20I2O6/c1-21(11-10-18(24)25,14-2-6-16(7-3-14)28-19(26)12-22)15-4-8-17(9-5-15)29-20(27)13-23/h2-9H,10-13H2,1H3,(H,24,25). The minimum Gasteiger partial charge on any atom is -0.481 e. The van der Waals surface area contributed by atoms with Crippen molar-refractivity contribution in [2.75, 3.05) is 8.86 Å². The second-order valence-corrected chi connectivity index (χ2v) is 8.02. The van der Waals surface area contributed by atoms with Crippen molar-refractivity contribution in [1.29, 1.82) is 0 Å². The lowest BCUT2D eigenvalue weighted by molar-refractivity contribution is -0.137. The van der Waals surface area contributed by atoms with Crippen LogP contribution >= 0.6 is 45.2 Å². The minimum atomic E-state index is -0.878. The summed E-state index contributed by atoms with van der Waals surface area (Å²) in [6, 6.07) is 14.2. The van der Waals surface area contributed by atoms with Crippen LogP contribution in [0.15, 0.2) is 48.5 Å². The van der Waals surface area contributed by atoms with E-state index in [0.717, 1.165) is 11.1 Å². The van der Waals surface area contributed by atoms with Crippen LogP contribution in [0.2, 0.25) is 0 Å². The molecule has 0 atom stereocenters. The molecule has 0 spiro atoms. The van der Waals surface area contributed by atoms with Crippen LogP contribution in [0.1, 0.15) is 30.9 Å². The van der Waals surface area contributed by atoms with Gasteiger partial charge in [-0.1, -0.05) is 76.4 Å². The Morgan fingerprint density at radius 3 is 1.52 bits per heavy atom. The van der Waals surface area contributed by atoms with Crippen LogP contribution in [-0.2, 0) is 19.8 Å². The van der Waals surface area contributed by atoms with Gasteiger partial charge in [0, 0.05) is 11.8 Å². The Morgan fingerprint density at radius 1 is 0.828 bits per heavy atom. The van der Waals surface area contributed by atoms with Crippen molar-refractivity contribution < 1.29 is 29.0 Å². The van der Waals surface area contributed by atoms with Crippen LogP contribution in [-0.4, -0.2) is 31.9 Å². The van der Waals surface area contributed by atoms with E-state index in [2.05, 4.69) is 0 Å². The number of benzene rings is 2. The zero-order valence-electron chi connectivity index (χ0n) is 15.7. The summed E-state index contributed by atoms with van der Waals surface area (Å²) in [5.41, 5.74) is 1.20. The first-order valence-corrected chi connectivity index (χ1v) is 11.8. The first-order chi connectivity index (χ1) is 13.8. The topological polar surface area (TPSA) is 89.9 Å². The molecule has 6 nitrogen and oxygen atoms in total. The molecule has 2 rings (SSSR count). The summed E-state index contributed by atoms with van der Waals surface area (Å²) >= 11 is 3.87. The summed E-state index contributed by atoms with van der Waals surface area (Å²) in [5, 5.41) is 9.20. The number of rotatable bonds is 9. The summed E-state index contributed by atoms with van der Waals surface area (Å²) in [6.07, 6.45) is 0.371. The van der Waals surface area contributed by atoms with E-state index in [1.807, 2.05) is 76.4 Å². The summed E-state index contributed by atoms with van der Waals surface area (Å²) in [4.78, 5) is 34.1. The highest BCUT2D eigenvalue weighted by molar-refractivity contribution is 14.1. The number of halogens is 2. The molecule has 0 saturated heterocycles. The molecule has 2 aromatic carbocycles. The maximum atomic E-state index is 11.5. The largest absolute Gasteiger partial charge is 0.481 e. The van der Waals surface area contributed by atoms with Gasteiger partial charge in [0.1, 0.15) is 11.5 Å². The smallest absolute Gasteiger partial charge is 0.321 e. The molecule has 29 heavy (non-hydrogen) atoms. The minimum absolute atomic E-state index is 0.00630. The monoisotopic (exact) mass is 622 g/mol. The van der Waals surface area contributed by atoms with Crippen LogP contribution in [0.25, 0.3) is 0 Å². The number of ether oxygens (including phenoxy) is 2. The first kappa shape index (κ1) is 23.6. The van der Waals surface area contributed by atoms with E-state index in [9.17, 15) is 19.5 Å². The molecule has 0 saturated carbocycles. The summed E-state index contributed by atoms with van der Waals surface area (Å²) in [5.74, 6) is -0.655. The van der Waals surface area contributed by atoms with Crippen molar-refractivity contribution in [1.82, 2.24) is 0 Å². The van der Waals surface area contributed by atoms with E-state index in [4.69, 9.17) is 9.47 Å². The quantitative estimate of drug-likeness (QED) is 0.191. The number of carboxylic acids is 1. The number of hydrogen-bond donors (Lipinski definition) is 1. The van der Waals surface area contributed by atoms with Gasteiger partial charge in [0.25, 0.3) is 0 Å². The Hall–Kier alpha value is -1.69. The van der Waals surface area contributed by atoms with Crippen LogP contribution < -0.4 is 9.47 Å². The molecule has 0 amide bonds. The number of aliphatic carboxylic acids is 1. The van der Waals surface area contributed by atoms with E-state index in [-0.39, 0.29) is 27.2 Å². The molecule has 0 aliphatic heterocycles. The Bertz CT molecular complexity index is 800. The molecule has 0 aliphatic rings. The fourth-order valence-corrected chi connectivity index (χ4v) is 3.22. The number of hydrogen-bond acceptors (Lipinski definition) is 5. The van der Waals surface area contributed by atoms with Crippen molar-refractivity contribution in [3.8, 4) is 11.5 Å². The van der Waals surface area contributed by atoms with Crippen molar-refractivity contribution in [2.24, 2.45) is 0 Å². The Balaban J connectivity index is 2.33. The molecule has 0 fully saturated rings. The average Bonchev–Trinajstić information content (AvgIpc) is 2.72. The lowest BCUT2D eigenvalue weighted by atomic mass is 9.73. The maximum Gasteiger partial charge on any atom is 0.321 e. The highest BCUT2D eigenvalue weighted by atomic mass is 127. The van der Waals surface area contributed by atoms with Crippen LogP contribution in [0.3, 0.4) is 0 Å². The number of carbonyl (C=O) groups excluding carboxylic acids is 2. The van der Waals surface area contributed by atoms with Crippen molar-refractivity contribution >= 4 is 63.1 Å². The average molecular weight is 622 g/mol. The first-order valence-electron chi connectivity index (χ1n) is 8.74. The van der Waals surface area contributed by atoms with Gasteiger partial charge in [-0.05, 0) is 41.8 Å². The van der Waals surface area contributed by atoms with Crippen molar-refractivity contribution in [3.63, 3.8) is 0 Å². The highest BCUT2D eigenvalue weighted by Gasteiger charge is 2.30. The summed E-state index contributed by atoms with van der Waals surface area (Å²) < 4.78 is 10.9. The Morgan fingerprint density at radius 2 is 1.21 bits per heavy atom. The molecule has 0 heterocycles. The van der Waals surface area contributed by atoms with Crippen LogP contribution in [0.5, 0.6) is 11.5 Å². The number of esters is 2. The molecule has 8 heteroatoms. The number of carboxylic acid groups (broad SMARTS) is 1. The molecule has 0 bridgehead atoms. The Kier molecular flexibility index (Phi) is 8.87. The third-order valence-electron chi connectivity index (χ3n) is 4.50. The van der Waals surface area contributed by atoms with Gasteiger partial charge in [0.15, 0.2) is 0 Å². The highest BCUT2D eigenvalue weighted by Crippen LogP contribution is 2.38. The third-order valence-corrected chi connectivity index (χ3v) is 5.75. The lowest BCUT2D eigenvalue weighted by Gasteiger charge is -2.31. The molecule has 0 radical (unpaired) electrons. The van der Waals surface area contributed by atoms with Crippen molar-refractivity contribution in [3.05, 3.63) is 59.7 Å². The Labute approximate surface area is 196 Å². The second-order valence-electron chi connectivity index (χ2n) is 6.49. The second kappa shape index (κ2) is 10.9. The zero-order chi connectivity index (χ0) is 21.4. The van der Waals surface area contributed by atoms with E-state index in [0.29, 0.717) is 17.9 Å². The molecule has 1 N–H and O–H groups in total. The van der Waals surface area contributed by atoms with E-state index in [1.165, 1.54) is 0 Å². The number of carbonyl (C=O) groups is 3. The molecule has 0 unspecified atom stereocenters. The zero-order valence-corrected chi connectivity index (χ0v) is 20.0. The molecule has 2 aromatic rings. The van der Waals surface area contributed by atoms with Gasteiger partial charge in [-0.25, -0.2) is 0 Å². The van der Waals surface area contributed by atoms with E-state index in [1.54, 1.807) is 24.3 Å². The predicted octanol–water partition coefficient (Wildman–Crippen LogP) is 4.54. The van der Waals surface area contributed by atoms with Gasteiger partial charge >= 0.3 is 17.9 Å².